The van der Waals surface area contributed by atoms with E-state index in [4.69, 9.17) is 0 Å². The summed E-state index contributed by atoms with van der Waals surface area (Å²) in [7, 11) is 0. The van der Waals surface area contributed by atoms with Gasteiger partial charge >= 0.3 is 0 Å². The quantitative estimate of drug-likeness (QED) is 0.895. The molecule has 0 atom stereocenters. The zero-order valence-electron chi connectivity index (χ0n) is 8.83. The Morgan fingerprint density at radius 2 is 2.12 bits per heavy atom. The average Bonchev–Trinajstić information content (AvgIpc) is 2.68. The van der Waals surface area contributed by atoms with Crippen molar-refractivity contribution in [1.82, 2.24) is 4.98 Å². The first-order chi connectivity index (χ1) is 8.06. The minimum absolute atomic E-state index is 0.0525. The Balaban J connectivity index is 2.17. The zero-order chi connectivity index (χ0) is 12.4. The number of benzene rings is 1. The molecule has 0 fully saturated rings. The molecule has 0 spiro atoms. The van der Waals surface area contributed by atoms with Gasteiger partial charge in [0, 0.05) is 16.6 Å². The maximum Gasteiger partial charge on any atom is 0.257 e. The number of amides is 1. The van der Waals surface area contributed by atoms with Crippen LogP contribution in [0.3, 0.4) is 0 Å². The predicted molar refractivity (Wildman–Crippen MR) is 61.2 cm³/mol. The van der Waals surface area contributed by atoms with Crippen molar-refractivity contribution in [2.24, 2.45) is 0 Å². The Labute approximate surface area is 100 Å². The Bertz CT molecular complexity index is 568. The minimum atomic E-state index is -1.05. The van der Waals surface area contributed by atoms with Gasteiger partial charge in [-0.3, -0.25) is 10.1 Å². The SMILES string of the molecule is Cc1cnc(NC(=O)c2ccc(F)c(F)c2)s1. The molecule has 0 saturated carbocycles. The molecule has 1 aromatic heterocycles. The second-order valence-corrected chi connectivity index (χ2v) is 4.59. The van der Waals surface area contributed by atoms with Crippen LogP contribution < -0.4 is 5.32 Å². The van der Waals surface area contributed by atoms with Crippen LogP contribution in [-0.4, -0.2) is 10.9 Å². The van der Waals surface area contributed by atoms with Gasteiger partial charge in [0.2, 0.25) is 0 Å². The average molecular weight is 254 g/mol. The summed E-state index contributed by atoms with van der Waals surface area (Å²) in [4.78, 5) is 16.5. The number of rotatable bonds is 2. The molecule has 1 N–H and O–H groups in total. The summed E-state index contributed by atoms with van der Waals surface area (Å²) in [6.07, 6.45) is 1.62. The number of thiazole rings is 1. The molecule has 0 aliphatic heterocycles. The van der Waals surface area contributed by atoms with Crippen LogP contribution in [0, 0.1) is 18.6 Å². The van der Waals surface area contributed by atoms with Crippen molar-refractivity contribution >= 4 is 22.4 Å². The standard InChI is InChI=1S/C11H8F2N2OS/c1-6-5-14-11(17-6)15-10(16)7-2-3-8(12)9(13)4-7/h2-5H,1H3,(H,14,15,16). The molecule has 0 saturated heterocycles. The number of carbonyl (C=O) groups excluding carboxylic acids is 1. The number of carbonyl (C=O) groups is 1. The van der Waals surface area contributed by atoms with E-state index in [0.29, 0.717) is 5.13 Å². The highest BCUT2D eigenvalue weighted by Crippen LogP contribution is 2.18. The van der Waals surface area contributed by atoms with Gasteiger partial charge in [0.15, 0.2) is 16.8 Å². The van der Waals surface area contributed by atoms with Gasteiger partial charge in [0.05, 0.1) is 0 Å². The fraction of sp³-hybridized carbons (Fsp3) is 0.0909. The fourth-order valence-electron chi connectivity index (χ4n) is 1.22. The smallest absolute Gasteiger partial charge is 0.257 e. The van der Waals surface area contributed by atoms with Crippen molar-refractivity contribution in [3.8, 4) is 0 Å². The molecule has 1 amide bonds. The van der Waals surface area contributed by atoms with Crippen LogP contribution in [0.1, 0.15) is 15.2 Å². The monoisotopic (exact) mass is 254 g/mol. The van der Waals surface area contributed by atoms with Crippen LogP contribution in [0.5, 0.6) is 0 Å². The van der Waals surface area contributed by atoms with Gasteiger partial charge in [0.25, 0.3) is 5.91 Å². The van der Waals surface area contributed by atoms with Gasteiger partial charge < -0.3 is 0 Å². The molecular weight excluding hydrogens is 246 g/mol. The number of aryl methyl sites for hydroxylation is 1. The van der Waals surface area contributed by atoms with Crippen molar-refractivity contribution in [1.29, 1.82) is 0 Å². The summed E-state index contributed by atoms with van der Waals surface area (Å²) in [5.74, 6) is -2.54. The molecule has 17 heavy (non-hydrogen) atoms. The van der Waals surface area contributed by atoms with Gasteiger partial charge in [-0.15, -0.1) is 11.3 Å². The first-order valence-electron chi connectivity index (χ1n) is 4.75. The lowest BCUT2D eigenvalue weighted by atomic mass is 10.2. The topological polar surface area (TPSA) is 42.0 Å². The summed E-state index contributed by atoms with van der Waals surface area (Å²) >= 11 is 1.31. The van der Waals surface area contributed by atoms with E-state index in [1.807, 2.05) is 6.92 Å². The van der Waals surface area contributed by atoms with E-state index in [0.717, 1.165) is 17.0 Å². The lowest BCUT2D eigenvalue weighted by Gasteiger charge is -2.01. The van der Waals surface area contributed by atoms with Gasteiger partial charge in [0.1, 0.15) is 0 Å². The number of hydrogen-bond donors (Lipinski definition) is 1. The summed E-state index contributed by atoms with van der Waals surface area (Å²) in [5.41, 5.74) is 0.0525. The summed E-state index contributed by atoms with van der Waals surface area (Å²) in [6, 6.07) is 2.98. The molecule has 2 rings (SSSR count). The van der Waals surface area contributed by atoms with Crippen LogP contribution >= 0.6 is 11.3 Å². The molecule has 0 aliphatic rings. The third kappa shape index (κ3) is 2.65. The van der Waals surface area contributed by atoms with E-state index in [2.05, 4.69) is 10.3 Å². The number of nitrogens with zero attached hydrogens (tertiary/aromatic N) is 1. The van der Waals surface area contributed by atoms with E-state index in [1.54, 1.807) is 6.20 Å². The maximum absolute atomic E-state index is 12.9. The molecule has 0 aliphatic carbocycles. The largest absolute Gasteiger partial charge is 0.298 e. The molecular formula is C11H8F2N2OS. The number of aromatic nitrogens is 1. The first-order valence-corrected chi connectivity index (χ1v) is 5.57. The van der Waals surface area contributed by atoms with Gasteiger partial charge in [-0.05, 0) is 25.1 Å². The van der Waals surface area contributed by atoms with Crippen molar-refractivity contribution in [3.63, 3.8) is 0 Å². The van der Waals surface area contributed by atoms with Crippen LogP contribution in [0.2, 0.25) is 0 Å². The van der Waals surface area contributed by atoms with Crippen molar-refractivity contribution in [2.75, 3.05) is 5.32 Å². The van der Waals surface area contributed by atoms with E-state index in [9.17, 15) is 13.6 Å². The number of halogens is 2. The molecule has 1 aromatic carbocycles. The van der Waals surface area contributed by atoms with E-state index in [-0.39, 0.29) is 5.56 Å². The Morgan fingerprint density at radius 1 is 1.35 bits per heavy atom. The first kappa shape index (κ1) is 11.7. The lowest BCUT2D eigenvalue weighted by Crippen LogP contribution is -2.12. The van der Waals surface area contributed by atoms with Crippen LogP contribution in [0.25, 0.3) is 0 Å². The Kier molecular flexibility index (Phi) is 3.14. The van der Waals surface area contributed by atoms with Crippen LogP contribution in [-0.2, 0) is 0 Å². The van der Waals surface area contributed by atoms with Gasteiger partial charge in [-0.2, -0.15) is 0 Å². The molecule has 2 aromatic rings. The number of anilines is 1. The van der Waals surface area contributed by atoms with Crippen LogP contribution in [0.4, 0.5) is 13.9 Å². The summed E-state index contributed by atoms with van der Waals surface area (Å²) in [5, 5.41) is 2.93. The fourth-order valence-corrected chi connectivity index (χ4v) is 1.88. The normalized spacial score (nSPS) is 10.3. The third-order valence-corrected chi connectivity index (χ3v) is 2.85. The van der Waals surface area contributed by atoms with E-state index >= 15 is 0 Å². The molecule has 0 bridgehead atoms. The third-order valence-electron chi connectivity index (χ3n) is 2.02. The minimum Gasteiger partial charge on any atom is -0.298 e. The highest BCUT2D eigenvalue weighted by Gasteiger charge is 2.11. The van der Waals surface area contributed by atoms with Gasteiger partial charge in [-0.1, -0.05) is 0 Å². The Hall–Kier alpha value is -1.82. The van der Waals surface area contributed by atoms with Gasteiger partial charge in [-0.25, -0.2) is 13.8 Å². The van der Waals surface area contributed by atoms with E-state index in [1.165, 1.54) is 17.4 Å². The number of nitrogens with one attached hydrogen (secondary N) is 1. The lowest BCUT2D eigenvalue weighted by molar-refractivity contribution is 0.102. The summed E-state index contributed by atoms with van der Waals surface area (Å²) in [6.45, 7) is 1.85. The molecule has 1 heterocycles. The van der Waals surface area contributed by atoms with Crippen LogP contribution in [0.15, 0.2) is 24.4 Å². The molecule has 0 radical (unpaired) electrons. The highest BCUT2D eigenvalue weighted by atomic mass is 32.1. The Morgan fingerprint density at radius 3 is 2.71 bits per heavy atom. The summed E-state index contributed by atoms with van der Waals surface area (Å²) < 4.78 is 25.6. The maximum atomic E-state index is 12.9. The number of hydrogen-bond acceptors (Lipinski definition) is 3. The molecule has 0 unspecified atom stereocenters. The second kappa shape index (κ2) is 4.58. The van der Waals surface area contributed by atoms with Crippen molar-refractivity contribution in [2.45, 2.75) is 6.92 Å². The second-order valence-electron chi connectivity index (χ2n) is 3.36. The molecule has 3 nitrogen and oxygen atoms in total. The predicted octanol–water partition coefficient (Wildman–Crippen LogP) is 2.98. The van der Waals surface area contributed by atoms with Crippen molar-refractivity contribution in [3.05, 3.63) is 46.5 Å². The molecule has 88 valence electrons. The van der Waals surface area contributed by atoms with Crippen molar-refractivity contribution < 1.29 is 13.6 Å². The highest BCUT2D eigenvalue weighted by molar-refractivity contribution is 7.15. The molecule has 6 heteroatoms. The zero-order valence-corrected chi connectivity index (χ0v) is 9.65. The van der Waals surface area contributed by atoms with E-state index < -0.39 is 17.5 Å².